The highest BCUT2D eigenvalue weighted by Gasteiger charge is 2.16. The molecule has 1 aliphatic heterocycles. The predicted octanol–water partition coefficient (Wildman–Crippen LogP) is 0.00110. The monoisotopic (exact) mass is 278 g/mol. The van der Waals surface area contributed by atoms with Gasteiger partial charge in [0.1, 0.15) is 0 Å². The van der Waals surface area contributed by atoms with E-state index in [9.17, 15) is 13.2 Å². The second-order valence-corrected chi connectivity index (χ2v) is 6.28. The summed E-state index contributed by atoms with van der Waals surface area (Å²) in [6.07, 6.45) is 2.95. The molecule has 0 aliphatic carbocycles. The molecular weight excluding hydrogens is 256 g/mol. The maximum Gasteiger partial charge on any atom is 0.306 e. The fourth-order valence-electron chi connectivity index (χ4n) is 1.91. The Labute approximate surface area is 109 Å². The SMILES string of the molecule is CCOC(=O)CCS(=O)(=O)NCC[C@@H]1CCCN1. The summed E-state index contributed by atoms with van der Waals surface area (Å²) >= 11 is 0. The van der Waals surface area contributed by atoms with E-state index in [2.05, 4.69) is 14.8 Å². The summed E-state index contributed by atoms with van der Waals surface area (Å²) < 4.78 is 30.3. The van der Waals surface area contributed by atoms with E-state index in [1.807, 2.05) is 0 Å². The van der Waals surface area contributed by atoms with Gasteiger partial charge in [-0.15, -0.1) is 0 Å². The molecular formula is C11H22N2O4S. The Morgan fingerprint density at radius 2 is 2.28 bits per heavy atom. The van der Waals surface area contributed by atoms with Crippen molar-refractivity contribution < 1.29 is 17.9 Å². The second kappa shape index (κ2) is 7.70. The Morgan fingerprint density at radius 1 is 1.50 bits per heavy atom. The van der Waals surface area contributed by atoms with Gasteiger partial charge in [-0.2, -0.15) is 0 Å². The third-order valence-corrected chi connectivity index (χ3v) is 4.24. The van der Waals surface area contributed by atoms with Crippen molar-refractivity contribution in [2.45, 2.75) is 38.6 Å². The number of nitrogens with one attached hydrogen (secondary N) is 2. The smallest absolute Gasteiger partial charge is 0.306 e. The maximum absolute atomic E-state index is 11.6. The summed E-state index contributed by atoms with van der Waals surface area (Å²) in [6, 6.07) is 0.415. The molecule has 1 aliphatic rings. The average molecular weight is 278 g/mol. The van der Waals surface area contributed by atoms with Crippen molar-refractivity contribution in [2.75, 3.05) is 25.4 Å². The van der Waals surface area contributed by atoms with Crippen LogP contribution in [0.25, 0.3) is 0 Å². The van der Waals surface area contributed by atoms with Crippen molar-refractivity contribution in [3.05, 3.63) is 0 Å². The molecule has 7 heteroatoms. The van der Waals surface area contributed by atoms with Crippen LogP contribution in [0.4, 0.5) is 0 Å². The average Bonchev–Trinajstić information content (AvgIpc) is 2.80. The number of carbonyl (C=O) groups excluding carboxylic acids is 1. The molecule has 0 amide bonds. The van der Waals surface area contributed by atoms with E-state index in [0.717, 1.165) is 25.8 Å². The molecule has 0 bridgehead atoms. The van der Waals surface area contributed by atoms with Gasteiger partial charge in [-0.25, -0.2) is 13.1 Å². The van der Waals surface area contributed by atoms with Gasteiger partial charge < -0.3 is 10.1 Å². The molecule has 0 aromatic rings. The number of carbonyl (C=O) groups is 1. The lowest BCUT2D eigenvalue weighted by Gasteiger charge is -2.11. The minimum absolute atomic E-state index is 0.0924. The van der Waals surface area contributed by atoms with E-state index in [0.29, 0.717) is 12.6 Å². The molecule has 0 aromatic heterocycles. The molecule has 0 aromatic carbocycles. The molecule has 18 heavy (non-hydrogen) atoms. The zero-order valence-corrected chi connectivity index (χ0v) is 11.6. The van der Waals surface area contributed by atoms with Crippen LogP contribution in [0.1, 0.15) is 32.6 Å². The van der Waals surface area contributed by atoms with Gasteiger partial charge >= 0.3 is 5.97 Å². The van der Waals surface area contributed by atoms with Gasteiger partial charge in [0.2, 0.25) is 10.0 Å². The molecule has 1 rings (SSSR count). The molecule has 1 fully saturated rings. The molecule has 0 spiro atoms. The van der Waals surface area contributed by atoms with Gasteiger partial charge in [-0.3, -0.25) is 4.79 Å². The van der Waals surface area contributed by atoms with Crippen molar-refractivity contribution in [3.8, 4) is 0 Å². The molecule has 1 saturated heterocycles. The standard InChI is InChI=1S/C11H22N2O4S/c1-2-17-11(14)6-9-18(15,16)13-8-5-10-4-3-7-12-10/h10,12-13H,2-9H2,1H3/t10-/m0/s1. The van der Waals surface area contributed by atoms with Crippen molar-refractivity contribution in [1.82, 2.24) is 10.0 Å². The number of esters is 1. The summed E-state index contributed by atoms with van der Waals surface area (Å²) in [5.74, 6) is -0.676. The first-order chi connectivity index (χ1) is 8.53. The van der Waals surface area contributed by atoms with Crippen LogP contribution in [0.15, 0.2) is 0 Å². The lowest BCUT2D eigenvalue weighted by atomic mass is 10.2. The fourth-order valence-corrected chi connectivity index (χ4v) is 2.92. The van der Waals surface area contributed by atoms with Gasteiger partial charge in [0.25, 0.3) is 0 Å². The molecule has 1 heterocycles. The molecule has 0 radical (unpaired) electrons. The third-order valence-electron chi connectivity index (χ3n) is 2.86. The quantitative estimate of drug-likeness (QED) is 0.611. The Balaban J connectivity index is 2.16. The molecule has 0 saturated carbocycles. The van der Waals surface area contributed by atoms with Gasteiger partial charge in [-0.1, -0.05) is 0 Å². The second-order valence-electron chi connectivity index (χ2n) is 4.35. The normalized spacial score (nSPS) is 19.9. The van der Waals surface area contributed by atoms with Gasteiger partial charge in [0, 0.05) is 12.6 Å². The fraction of sp³-hybridized carbons (Fsp3) is 0.909. The largest absolute Gasteiger partial charge is 0.466 e. The number of ether oxygens (including phenoxy) is 1. The van der Waals surface area contributed by atoms with Crippen molar-refractivity contribution in [1.29, 1.82) is 0 Å². The first-order valence-corrected chi connectivity index (χ1v) is 8.05. The first-order valence-electron chi connectivity index (χ1n) is 6.40. The lowest BCUT2D eigenvalue weighted by molar-refractivity contribution is -0.142. The highest BCUT2D eigenvalue weighted by molar-refractivity contribution is 7.89. The van der Waals surface area contributed by atoms with Crippen molar-refractivity contribution in [3.63, 3.8) is 0 Å². The van der Waals surface area contributed by atoms with E-state index in [4.69, 9.17) is 0 Å². The topological polar surface area (TPSA) is 84.5 Å². The van der Waals surface area contributed by atoms with Gasteiger partial charge in [0.05, 0.1) is 18.8 Å². The van der Waals surface area contributed by atoms with Crippen LogP contribution in [0, 0.1) is 0 Å². The Hall–Kier alpha value is -0.660. The molecule has 1 atom stereocenters. The third kappa shape index (κ3) is 6.32. The minimum atomic E-state index is -3.37. The number of rotatable bonds is 8. The van der Waals surface area contributed by atoms with E-state index >= 15 is 0 Å². The lowest BCUT2D eigenvalue weighted by Crippen LogP contribution is -2.32. The van der Waals surface area contributed by atoms with E-state index in [-0.39, 0.29) is 18.8 Å². The molecule has 2 N–H and O–H groups in total. The van der Waals surface area contributed by atoms with Crippen LogP contribution in [0.5, 0.6) is 0 Å². The minimum Gasteiger partial charge on any atom is -0.466 e. The summed E-state index contributed by atoms with van der Waals surface area (Å²) in [5, 5.41) is 3.30. The zero-order valence-electron chi connectivity index (χ0n) is 10.8. The molecule has 0 unspecified atom stereocenters. The van der Waals surface area contributed by atoms with Crippen LogP contribution < -0.4 is 10.0 Å². The summed E-state index contributed by atoms with van der Waals surface area (Å²) in [7, 11) is -3.37. The summed E-state index contributed by atoms with van der Waals surface area (Å²) in [6.45, 7) is 3.40. The number of hydrogen-bond acceptors (Lipinski definition) is 5. The van der Waals surface area contributed by atoms with Crippen LogP contribution in [-0.4, -0.2) is 45.9 Å². The van der Waals surface area contributed by atoms with Crippen molar-refractivity contribution >= 4 is 16.0 Å². The Bertz CT molecular complexity index is 350. The van der Waals surface area contributed by atoms with Crippen LogP contribution in [0.3, 0.4) is 0 Å². The van der Waals surface area contributed by atoms with E-state index in [1.54, 1.807) is 6.92 Å². The van der Waals surface area contributed by atoms with Crippen molar-refractivity contribution in [2.24, 2.45) is 0 Å². The van der Waals surface area contributed by atoms with Crippen LogP contribution >= 0.6 is 0 Å². The molecule has 106 valence electrons. The highest BCUT2D eigenvalue weighted by Crippen LogP contribution is 2.07. The Kier molecular flexibility index (Phi) is 6.59. The predicted molar refractivity (Wildman–Crippen MR) is 68.7 cm³/mol. The van der Waals surface area contributed by atoms with E-state index < -0.39 is 16.0 Å². The number of hydrogen-bond donors (Lipinski definition) is 2. The summed E-state index contributed by atoms with van der Waals surface area (Å²) in [5.41, 5.74) is 0. The van der Waals surface area contributed by atoms with Gasteiger partial charge in [0.15, 0.2) is 0 Å². The van der Waals surface area contributed by atoms with Crippen LogP contribution in [0.2, 0.25) is 0 Å². The van der Waals surface area contributed by atoms with E-state index in [1.165, 1.54) is 0 Å². The van der Waals surface area contributed by atoms with Crippen LogP contribution in [-0.2, 0) is 19.6 Å². The number of sulfonamides is 1. The Morgan fingerprint density at radius 3 is 2.89 bits per heavy atom. The molecule has 6 nitrogen and oxygen atoms in total. The summed E-state index contributed by atoms with van der Waals surface area (Å²) in [4.78, 5) is 11.0. The van der Waals surface area contributed by atoms with Gasteiger partial charge in [-0.05, 0) is 32.7 Å². The maximum atomic E-state index is 11.6. The first kappa shape index (κ1) is 15.4. The zero-order chi connectivity index (χ0) is 13.4. The highest BCUT2D eigenvalue weighted by atomic mass is 32.2.